The van der Waals surface area contributed by atoms with Crippen LogP contribution in [-0.2, 0) is 0 Å². The molecule has 1 unspecified atom stereocenters. The highest BCUT2D eigenvalue weighted by molar-refractivity contribution is 8.00. The van der Waals surface area contributed by atoms with Gasteiger partial charge in [-0.2, -0.15) is 11.8 Å². The fraction of sp³-hybridized carbons (Fsp3) is 0.455. The van der Waals surface area contributed by atoms with Gasteiger partial charge in [0.1, 0.15) is 10.6 Å². The summed E-state index contributed by atoms with van der Waals surface area (Å²) in [5, 5.41) is 7.52. The van der Waals surface area contributed by atoms with E-state index >= 15 is 0 Å². The van der Waals surface area contributed by atoms with Gasteiger partial charge in [-0.05, 0) is 41.6 Å². The topological polar surface area (TPSA) is 37.8 Å². The second kappa shape index (κ2) is 5.00. The zero-order chi connectivity index (χ0) is 11.7. The van der Waals surface area contributed by atoms with Gasteiger partial charge in [0.25, 0.3) is 0 Å². The molecule has 0 bridgehead atoms. The molecule has 1 N–H and O–H groups in total. The number of thioether (sulfide) groups is 1. The summed E-state index contributed by atoms with van der Waals surface area (Å²) in [6.07, 6.45) is 2.62. The van der Waals surface area contributed by atoms with E-state index in [9.17, 15) is 0 Å². The molecule has 0 saturated carbocycles. The van der Waals surface area contributed by atoms with E-state index in [1.807, 2.05) is 23.2 Å². The number of rotatable bonds is 3. The number of hydrogen-bond donors (Lipinski definition) is 1. The Labute approximate surface area is 113 Å². The van der Waals surface area contributed by atoms with Crippen LogP contribution in [0.4, 0.5) is 5.82 Å². The number of nitrogens with zero attached hydrogens (tertiary/aromatic N) is 2. The van der Waals surface area contributed by atoms with Gasteiger partial charge in [0, 0.05) is 11.8 Å². The SMILES string of the molecule is Clc1nc(NCC2CCCS2)c2ccsc2n1. The summed E-state index contributed by atoms with van der Waals surface area (Å²) in [7, 11) is 0. The van der Waals surface area contributed by atoms with Gasteiger partial charge >= 0.3 is 0 Å². The molecular formula is C11H12ClN3S2. The maximum Gasteiger partial charge on any atom is 0.225 e. The molecule has 2 aromatic rings. The summed E-state index contributed by atoms with van der Waals surface area (Å²) >= 11 is 9.55. The standard InChI is InChI=1S/C11H12ClN3S2/c12-11-14-9(8-3-5-17-10(8)15-11)13-6-7-2-1-4-16-7/h3,5,7H,1-2,4,6H2,(H,13,14,15). The zero-order valence-corrected chi connectivity index (χ0v) is 11.5. The van der Waals surface area contributed by atoms with Gasteiger partial charge in [-0.25, -0.2) is 9.97 Å². The van der Waals surface area contributed by atoms with Crippen molar-refractivity contribution in [2.24, 2.45) is 0 Å². The lowest BCUT2D eigenvalue weighted by molar-refractivity contribution is 0.804. The van der Waals surface area contributed by atoms with E-state index in [0.29, 0.717) is 10.5 Å². The van der Waals surface area contributed by atoms with Crippen molar-refractivity contribution in [2.45, 2.75) is 18.1 Å². The zero-order valence-electron chi connectivity index (χ0n) is 9.15. The Hall–Kier alpha value is -0.520. The van der Waals surface area contributed by atoms with E-state index in [1.54, 1.807) is 11.3 Å². The number of anilines is 1. The maximum absolute atomic E-state index is 5.92. The minimum atomic E-state index is 0.321. The number of thiophene rings is 1. The fourth-order valence-electron chi connectivity index (χ4n) is 1.98. The van der Waals surface area contributed by atoms with Crippen LogP contribution in [0.25, 0.3) is 10.2 Å². The molecule has 1 aliphatic heterocycles. The second-order valence-corrected chi connectivity index (χ2v) is 6.64. The smallest absolute Gasteiger partial charge is 0.225 e. The first-order chi connectivity index (χ1) is 8.33. The third-order valence-corrected chi connectivity index (χ3v) is 5.19. The molecule has 1 fully saturated rings. The van der Waals surface area contributed by atoms with E-state index in [2.05, 4.69) is 15.3 Å². The summed E-state index contributed by atoms with van der Waals surface area (Å²) in [5.74, 6) is 2.15. The van der Waals surface area contributed by atoms with Crippen molar-refractivity contribution < 1.29 is 0 Å². The third kappa shape index (κ3) is 2.51. The number of halogens is 1. The lowest BCUT2D eigenvalue weighted by Crippen LogP contribution is -2.14. The molecule has 90 valence electrons. The Balaban J connectivity index is 1.81. The molecule has 1 saturated heterocycles. The fourth-order valence-corrected chi connectivity index (χ4v) is 4.16. The Morgan fingerprint density at radius 2 is 2.41 bits per heavy atom. The predicted molar refractivity (Wildman–Crippen MR) is 76.4 cm³/mol. The molecule has 0 amide bonds. The van der Waals surface area contributed by atoms with Gasteiger partial charge in [0.15, 0.2) is 0 Å². The molecule has 0 spiro atoms. The first-order valence-electron chi connectivity index (χ1n) is 5.59. The largest absolute Gasteiger partial charge is 0.368 e. The van der Waals surface area contributed by atoms with E-state index in [1.165, 1.54) is 18.6 Å². The van der Waals surface area contributed by atoms with Gasteiger partial charge in [0.05, 0.1) is 5.39 Å². The quantitative estimate of drug-likeness (QED) is 0.874. The van der Waals surface area contributed by atoms with Crippen LogP contribution in [0.15, 0.2) is 11.4 Å². The summed E-state index contributed by atoms with van der Waals surface area (Å²) in [4.78, 5) is 9.43. The molecule has 0 aliphatic carbocycles. The van der Waals surface area contributed by atoms with Crippen molar-refractivity contribution in [2.75, 3.05) is 17.6 Å². The number of aromatic nitrogens is 2. The number of hydrogen-bond acceptors (Lipinski definition) is 5. The van der Waals surface area contributed by atoms with Gasteiger partial charge in [-0.3, -0.25) is 0 Å². The van der Waals surface area contributed by atoms with Crippen LogP contribution < -0.4 is 5.32 Å². The number of fused-ring (bicyclic) bond motifs is 1. The molecule has 2 aromatic heterocycles. The molecule has 1 atom stereocenters. The van der Waals surface area contributed by atoms with Crippen molar-refractivity contribution in [3.63, 3.8) is 0 Å². The molecule has 6 heteroatoms. The Morgan fingerprint density at radius 3 is 3.24 bits per heavy atom. The van der Waals surface area contributed by atoms with Crippen molar-refractivity contribution >= 4 is 50.7 Å². The second-order valence-electron chi connectivity index (χ2n) is 4.00. The summed E-state index contributed by atoms with van der Waals surface area (Å²) in [5.41, 5.74) is 0. The van der Waals surface area contributed by atoms with E-state index in [4.69, 9.17) is 11.6 Å². The molecule has 1 aliphatic rings. The monoisotopic (exact) mass is 285 g/mol. The van der Waals surface area contributed by atoms with Crippen LogP contribution >= 0.6 is 34.7 Å². The van der Waals surface area contributed by atoms with Crippen LogP contribution in [0, 0.1) is 0 Å². The summed E-state index contributed by atoms with van der Waals surface area (Å²) in [6.45, 7) is 0.961. The van der Waals surface area contributed by atoms with Crippen LogP contribution in [0.5, 0.6) is 0 Å². The Bertz CT molecular complexity index is 522. The van der Waals surface area contributed by atoms with Gasteiger partial charge in [-0.1, -0.05) is 0 Å². The molecular weight excluding hydrogens is 274 g/mol. The van der Waals surface area contributed by atoms with E-state index < -0.39 is 0 Å². The number of nitrogens with one attached hydrogen (secondary N) is 1. The first kappa shape index (κ1) is 11.6. The van der Waals surface area contributed by atoms with Gasteiger partial charge in [0.2, 0.25) is 5.28 Å². The van der Waals surface area contributed by atoms with Crippen LogP contribution in [0.3, 0.4) is 0 Å². The van der Waals surface area contributed by atoms with Crippen molar-refractivity contribution in [1.29, 1.82) is 0 Å². The highest BCUT2D eigenvalue weighted by atomic mass is 35.5. The van der Waals surface area contributed by atoms with Crippen LogP contribution in [-0.4, -0.2) is 27.5 Å². The Kier molecular flexibility index (Phi) is 3.40. The Morgan fingerprint density at radius 1 is 1.47 bits per heavy atom. The lowest BCUT2D eigenvalue weighted by atomic mass is 10.2. The summed E-state index contributed by atoms with van der Waals surface area (Å²) < 4.78 is 0. The minimum absolute atomic E-state index is 0.321. The van der Waals surface area contributed by atoms with Crippen molar-refractivity contribution in [1.82, 2.24) is 9.97 Å². The third-order valence-electron chi connectivity index (χ3n) is 2.82. The first-order valence-corrected chi connectivity index (χ1v) is 7.90. The molecule has 17 heavy (non-hydrogen) atoms. The van der Waals surface area contributed by atoms with Gasteiger partial charge < -0.3 is 5.32 Å². The van der Waals surface area contributed by atoms with Crippen LogP contribution in [0.1, 0.15) is 12.8 Å². The molecule has 0 radical (unpaired) electrons. The highest BCUT2D eigenvalue weighted by Gasteiger charge is 2.16. The van der Waals surface area contributed by atoms with Gasteiger partial charge in [-0.15, -0.1) is 11.3 Å². The molecule has 3 rings (SSSR count). The molecule has 0 aromatic carbocycles. The highest BCUT2D eigenvalue weighted by Crippen LogP contribution is 2.29. The molecule has 3 nitrogen and oxygen atoms in total. The van der Waals surface area contributed by atoms with Crippen molar-refractivity contribution in [3.05, 3.63) is 16.7 Å². The van der Waals surface area contributed by atoms with Crippen molar-refractivity contribution in [3.8, 4) is 0 Å². The van der Waals surface area contributed by atoms with E-state index in [0.717, 1.165) is 22.6 Å². The minimum Gasteiger partial charge on any atom is -0.368 e. The lowest BCUT2D eigenvalue weighted by Gasteiger charge is -2.11. The molecule has 3 heterocycles. The maximum atomic E-state index is 5.92. The summed E-state index contributed by atoms with van der Waals surface area (Å²) in [6, 6.07) is 2.04. The average molecular weight is 286 g/mol. The van der Waals surface area contributed by atoms with E-state index in [-0.39, 0.29) is 0 Å². The normalized spacial score (nSPS) is 19.9. The average Bonchev–Trinajstić information content (AvgIpc) is 2.95. The predicted octanol–water partition coefficient (Wildman–Crippen LogP) is 3.65. The van der Waals surface area contributed by atoms with Crippen LogP contribution in [0.2, 0.25) is 5.28 Å².